The number of anilines is 2. The average molecular weight is 332 g/mol. The number of hydrogen-bond acceptors (Lipinski definition) is 4. The molecule has 1 aromatic heterocycles. The molecule has 24 heavy (non-hydrogen) atoms. The molecule has 1 aliphatic rings. The summed E-state index contributed by atoms with van der Waals surface area (Å²) >= 11 is 0. The number of hydrogen-bond donors (Lipinski definition) is 2. The Bertz CT molecular complexity index is 559. The molecular formula is C18H28N4O2. The van der Waals surface area contributed by atoms with E-state index in [2.05, 4.69) is 22.1 Å². The predicted molar refractivity (Wildman–Crippen MR) is 95.7 cm³/mol. The van der Waals surface area contributed by atoms with Gasteiger partial charge >= 0.3 is 0 Å². The first-order valence-corrected chi connectivity index (χ1v) is 8.82. The second-order valence-corrected chi connectivity index (χ2v) is 6.63. The van der Waals surface area contributed by atoms with Crippen LogP contribution in [0, 0.1) is 11.8 Å². The SMILES string of the molecule is CCCC[C@H](C)C(=O)Nc1ccc(N2CCC[C@H](C(N)=O)C2)nc1. The molecule has 0 aliphatic carbocycles. The molecule has 1 saturated heterocycles. The lowest BCUT2D eigenvalue weighted by Crippen LogP contribution is -2.41. The van der Waals surface area contributed by atoms with Crippen LogP contribution in [0.1, 0.15) is 46.0 Å². The molecule has 1 aliphatic heterocycles. The summed E-state index contributed by atoms with van der Waals surface area (Å²) in [6.45, 7) is 5.56. The maximum Gasteiger partial charge on any atom is 0.227 e. The quantitative estimate of drug-likeness (QED) is 0.803. The lowest BCUT2D eigenvalue weighted by atomic mass is 9.97. The zero-order valence-corrected chi connectivity index (χ0v) is 14.6. The monoisotopic (exact) mass is 332 g/mol. The summed E-state index contributed by atoms with van der Waals surface area (Å²) < 4.78 is 0. The summed E-state index contributed by atoms with van der Waals surface area (Å²) in [5.74, 6) is 0.495. The number of pyridine rings is 1. The number of nitrogens with zero attached hydrogens (tertiary/aromatic N) is 2. The van der Waals surface area contributed by atoms with Crippen molar-refractivity contribution in [3.63, 3.8) is 0 Å². The van der Waals surface area contributed by atoms with E-state index >= 15 is 0 Å². The van der Waals surface area contributed by atoms with E-state index in [0.717, 1.165) is 44.5 Å². The molecule has 1 aromatic rings. The Kier molecular flexibility index (Phi) is 6.58. The van der Waals surface area contributed by atoms with Crippen molar-refractivity contribution in [1.29, 1.82) is 0 Å². The highest BCUT2D eigenvalue weighted by molar-refractivity contribution is 5.92. The van der Waals surface area contributed by atoms with E-state index in [1.807, 2.05) is 19.1 Å². The van der Waals surface area contributed by atoms with Gasteiger partial charge in [0.05, 0.1) is 17.8 Å². The number of carbonyl (C=O) groups is 2. The van der Waals surface area contributed by atoms with Gasteiger partial charge < -0.3 is 16.0 Å². The van der Waals surface area contributed by atoms with Gasteiger partial charge in [0.15, 0.2) is 0 Å². The van der Waals surface area contributed by atoms with E-state index in [9.17, 15) is 9.59 Å². The Labute approximate surface area is 143 Å². The standard InChI is InChI=1S/C18H28N4O2/c1-3-4-6-13(2)18(24)21-15-8-9-16(20-11-15)22-10-5-7-14(12-22)17(19)23/h8-9,11,13-14H,3-7,10,12H2,1-2H3,(H2,19,23)(H,21,24)/t13-,14-/m0/s1. The molecule has 6 nitrogen and oxygen atoms in total. The molecule has 0 radical (unpaired) electrons. The number of nitrogens with two attached hydrogens (primary N) is 1. The van der Waals surface area contributed by atoms with Gasteiger partial charge in [0, 0.05) is 19.0 Å². The number of carbonyl (C=O) groups excluding carboxylic acids is 2. The fraction of sp³-hybridized carbons (Fsp3) is 0.611. The Morgan fingerprint density at radius 1 is 1.46 bits per heavy atom. The van der Waals surface area contributed by atoms with Gasteiger partial charge in [0.25, 0.3) is 0 Å². The zero-order valence-electron chi connectivity index (χ0n) is 14.6. The van der Waals surface area contributed by atoms with E-state index in [1.165, 1.54) is 0 Å². The van der Waals surface area contributed by atoms with Crippen LogP contribution < -0.4 is 16.0 Å². The van der Waals surface area contributed by atoms with Crippen LogP contribution >= 0.6 is 0 Å². The second-order valence-electron chi connectivity index (χ2n) is 6.63. The summed E-state index contributed by atoms with van der Waals surface area (Å²) in [7, 11) is 0. The first-order valence-electron chi connectivity index (χ1n) is 8.82. The number of unbranched alkanes of at least 4 members (excludes halogenated alkanes) is 1. The molecule has 0 bridgehead atoms. The average Bonchev–Trinajstić information content (AvgIpc) is 2.60. The van der Waals surface area contributed by atoms with E-state index < -0.39 is 0 Å². The Hall–Kier alpha value is -2.11. The first kappa shape index (κ1) is 18.2. The second kappa shape index (κ2) is 8.66. The molecule has 3 N–H and O–H groups in total. The van der Waals surface area contributed by atoms with Crippen molar-refractivity contribution in [3.8, 4) is 0 Å². The van der Waals surface area contributed by atoms with Gasteiger partial charge in [-0.15, -0.1) is 0 Å². The lowest BCUT2D eigenvalue weighted by Gasteiger charge is -2.32. The van der Waals surface area contributed by atoms with Crippen LogP contribution in [0.2, 0.25) is 0 Å². The van der Waals surface area contributed by atoms with E-state index in [-0.39, 0.29) is 23.7 Å². The van der Waals surface area contributed by atoms with Gasteiger partial charge in [-0.2, -0.15) is 0 Å². The highest BCUT2D eigenvalue weighted by atomic mass is 16.2. The van der Waals surface area contributed by atoms with Crippen molar-refractivity contribution in [1.82, 2.24) is 4.98 Å². The highest BCUT2D eigenvalue weighted by Crippen LogP contribution is 2.22. The van der Waals surface area contributed by atoms with Crippen LogP contribution in [0.4, 0.5) is 11.5 Å². The summed E-state index contributed by atoms with van der Waals surface area (Å²) in [6, 6.07) is 3.75. The first-order chi connectivity index (χ1) is 11.5. The minimum atomic E-state index is -0.246. The molecule has 0 aromatic carbocycles. The maximum absolute atomic E-state index is 12.1. The molecule has 0 unspecified atom stereocenters. The fourth-order valence-corrected chi connectivity index (χ4v) is 2.97. The molecule has 0 saturated carbocycles. The van der Waals surface area contributed by atoms with E-state index in [4.69, 9.17) is 5.73 Å². The minimum absolute atomic E-state index is 0.00282. The van der Waals surface area contributed by atoms with Crippen molar-refractivity contribution in [2.24, 2.45) is 17.6 Å². The maximum atomic E-state index is 12.1. The van der Waals surface area contributed by atoms with Crippen molar-refractivity contribution < 1.29 is 9.59 Å². The number of nitrogens with one attached hydrogen (secondary N) is 1. The van der Waals surface area contributed by atoms with Crippen LogP contribution in [0.5, 0.6) is 0 Å². The van der Waals surface area contributed by atoms with Gasteiger partial charge in [-0.05, 0) is 31.4 Å². The Morgan fingerprint density at radius 3 is 2.88 bits per heavy atom. The van der Waals surface area contributed by atoms with Crippen molar-refractivity contribution in [2.75, 3.05) is 23.3 Å². The molecule has 1 fully saturated rings. The minimum Gasteiger partial charge on any atom is -0.369 e. The molecular weight excluding hydrogens is 304 g/mol. The predicted octanol–water partition coefficient (Wildman–Crippen LogP) is 2.55. The number of primary amides is 1. The lowest BCUT2D eigenvalue weighted by molar-refractivity contribution is -0.122. The molecule has 0 spiro atoms. The van der Waals surface area contributed by atoms with Crippen LogP contribution in [-0.2, 0) is 9.59 Å². The third-order valence-electron chi connectivity index (χ3n) is 4.60. The van der Waals surface area contributed by atoms with E-state index in [1.54, 1.807) is 6.20 Å². The third kappa shape index (κ3) is 4.94. The zero-order chi connectivity index (χ0) is 17.5. The molecule has 6 heteroatoms. The number of rotatable bonds is 7. The van der Waals surface area contributed by atoms with Crippen LogP contribution in [0.25, 0.3) is 0 Å². The Balaban J connectivity index is 1.93. The molecule has 132 valence electrons. The topological polar surface area (TPSA) is 88.3 Å². The summed E-state index contributed by atoms with van der Waals surface area (Å²) in [5.41, 5.74) is 6.12. The molecule has 2 rings (SSSR count). The largest absolute Gasteiger partial charge is 0.369 e. The van der Waals surface area contributed by atoms with Gasteiger partial charge in [-0.1, -0.05) is 26.7 Å². The summed E-state index contributed by atoms with van der Waals surface area (Å²) in [5, 5.41) is 2.91. The van der Waals surface area contributed by atoms with Gasteiger partial charge in [0.2, 0.25) is 11.8 Å². The highest BCUT2D eigenvalue weighted by Gasteiger charge is 2.24. The Morgan fingerprint density at radius 2 is 2.25 bits per heavy atom. The number of aromatic nitrogens is 1. The molecule has 2 amide bonds. The van der Waals surface area contributed by atoms with Gasteiger partial charge in [-0.3, -0.25) is 9.59 Å². The van der Waals surface area contributed by atoms with E-state index in [0.29, 0.717) is 12.2 Å². The molecule has 2 atom stereocenters. The fourth-order valence-electron chi connectivity index (χ4n) is 2.97. The normalized spacial score (nSPS) is 18.9. The van der Waals surface area contributed by atoms with Crippen molar-refractivity contribution in [3.05, 3.63) is 18.3 Å². The third-order valence-corrected chi connectivity index (χ3v) is 4.60. The summed E-state index contributed by atoms with van der Waals surface area (Å²) in [6.07, 6.45) is 6.50. The smallest absolute Gasteiger partial charge is 0.227 e. The number of piperidine rings is 1. The van der Waals surface area contributed by atoms with Crippen LogP contribution in [-0.4, -0.2) is 29.9 Å². The van der Waals surface area contributed by atoms with Crippen molar-refractivity contribution >= 4 is 23.3 Å². The van der Waals surface area contributed by atoms with Gasteiger partial charge in [0.1, 0.15) is 5.82 Å². The van der Waals surface area contributed by atoms with Crippen LogP contribution in [0.15, 0.2) is 18.3 Å². The molecule has 2 heterocycles. The van der Waals surface area contributed by atoms with Crippen LogP contribution in [0.3, 0.4) is 0 Å². The number of amides is 2. The van der Waals surface area contributed by atoms with Crippen molar-refractivity contribution in [2.45, 2.75) is 46.0 Å². The van der Waals surface area contributed by atoms with Gasteiger partial charge in [-0.25, -0.2) is 4.98 Å². The summed E-state index contributed by atoms with van der Waals surface area (Å²) in [4.78, 5) is 30.0.